The minimum absolute atomic E-state index is 0.0860. The first-order valence-corrected chi connectivity index (χ1v) is 17.2. The molecule has 1 rings (SSSR count). The number of allylic oxidation sites excluding steroid dienone is 3. The van der Waals surface area contributed by atoms with E-state index in [4.69, 9.17) is 36.1 Å². The molecule has 0 aliphatic heterocycles. The van der Waals surface area contributed by atoms with Gasteiger partial charge in [0.2, 0.25) is 11.8 Å². The van der Waals surface area contributed by atoms with Crippen LogP contribution in [0.25, 0.3) is 0 Å². The molecule has 1 aliphatic carbocycles. The average Bonchev–Trinajstić information content (AvgIpc) is 2.99. The molecule has 0 aromatic carbocycles. The Hall–Kier alpha value is -2.63. The summed E-state index contributed by atoms with van der Waals surface area (Å²) in [5.41, 5.74) is 19.0. The Morgan fingerprint density at radius 2 is 1.62 bits per heavy atom. The van der Waals surface area contributed by atoms with Gasteiger partial charge < -0.3 is 41.5 Å². The van der Waals surface area contributed by atoms with E-state index in [1.807, 2.05) is 27.7 Å². The molecule has 272 valence electrons. The molecule has 0 saturated heterocycles. The van der Waals surface area contributed by atoms with Gasteiger partial charge in [-0.2, -0.15) is 0 Å². The van der Waals surface area contributed by atoms with E-state index in [1.54, 1.807) is 28.1 Å². The molecular formula is C36H66N4O7. The minimum Gasteiger partial charge on any atom is -0.497 e. The summed E-state index contributed by atoms with van der Waals surface area (Å²) in [6.45, 7) is 18.8. The predicted octanol–water partition coefficient (Wildman–Crippen LogP) is 4.43. The molecule has 0 bridgehead atoms. The number of ether oxygens (including phenoxy) is 4. The van der Waals surface area contributed by atoms with Crippen LogP contribution < -0.4 is 22.5 Å². The van der Waals surface area contributed by atoms with Gasteiger partial charge in [-0.25, -0.2) is 0 Å². The second-order valence-corrected chi connectivity index (χ2v) is 14.9. The van der Waals surface area contributed by atoms with Gasteiger partial charge in [0, 0.05) is 45.1 Å². The van der Waals surface area contributed by atoms with Crippen LogP contribution in [0.3, 0.4) is 0 Å². The van der Waals surface area contributed by atoms with E-state index in [0.717, 1.165) is 30.8 Å². The lowest BCUT2D eigenvalue weighted by atomic mass is 9.77. The predicted molar refractivity (Wildman–Crippen MR) is 186 cm³/mol. The van der Waals surface area contributed by atoms with Gasteiger partial charge >= 0.3 is 5.97 Å². The molecule has 7 N–H and O–H groups in total. The van der Waals surface area contributed by atoms with Crippen molar-refractivity contribution in [1.82, 2.24) is 5.32 Å². The number of carbonyl (C=O) groups excluding carboxylic acids is 3. The van der Waals surface area contributed by atoms with Gasteiger partial charge in [0.15, 0.2) is 5.76 Å². The molecule has 11 heteroatoms. The number of hydrogen-bond acceptors (Lipinski definition) is 9. The molecule has 0 fully saturated rings. The maximum Gasteiger partial charge on any atom is 0.323 e. The Morgan fingerprint density at radius 3 is 2.13 bits per heavy atom. The third-order valence-corrected chi connectivity index (χ3v) is 9.46. The van der Waals surface area contributed by atoms with Crippen molar-refractivity contribution in [3.8, 4) is 0 Å². The van der Waals surface area contributed by atoms with Crippen LogP contribution in [0.2, 0.25) is 0 Å². The fourth-order valence-electron chi connectivity index (χ4n) is 5.52. The zero-order valence-corrected chi connectivity index (χ0v) is 31.0. The Labute approximate surface area is 284 Å². The Balaban J connectivity index is 3.29. The van der Waals surface area contributed by atoms with Gasteiger partial charge in [0.1, 0.15) is 17.9 Å². The van der Waals surface area contributed by atoms with Crippen LogP contribution in [0.1, 0.15) is 94.4 Å². The lowest BCUT2D eigenvalue weighted by molar-refractivity contribution is -0.155. The van der Waals surface area contributed by atoms with E-state index < -0.39 is 41.4 Å². The third kappa shape index (κ3) is 13.8. The van der Waals surface area contributed by atoms with Crippen molar-refractivity contribution in [1.29, 1.82) is 0 Å². The van der Waals surface area contributed by atoms with Crippen LogP contribution in [0.15, 0.2) is 23.2 Å². The number of nitrogens with two attached hydrogens (primary N) is 3. The van der Waals surface area contributed by atoms with Gasteiger partial charge in [0.25, 0.3) is 0 Å². The number of methoxy groups -OCH3 is 2. The lowest BCUT2D eigenvalue weighted by Crippen LogP contribution is -2.49. The normalized spacial score (nSPS) is 18.8. The van der Waals surface area contributed by atoms with Crippen LogP contribution in [0.4, 0.5) is 0 Å². The number of amides is 2. The summed E-state index contributed by atoms with van der Waals surface area (Å²) in [6.07, 6.45) is 4.46. The van der Waals surface area contributed by atoms with Gasteiger partial charge in [-0.05, 0) is 68.8 Å². The summed E-state index contributed by atoms with van der Waals surface area (Å²) >= 11 is 0. The van der Waals surface area contributed by atoms with Crippen molar-refractivity contribution in [2.24, 2.45) is 58.1 Å². The summed E-state index contributed by atoms with van der Waals surface area (Å²) < 4.78 is 23.0. The summed E-state index contributed by atoms with van der Waals surface area (Å²) in [4.78, 5) is 38.5. The zero-order chi connectivity index (χ0) is 36.1. The molecule has 1 unspecified atom stereocenters. The standard InChI is InChI=1S/C36H66N4O7/c1-21(2)25(16-26-18-31(46-14-12-13-44-10)30(45-11)15-24(26)7)17-28(37)29(47-34(42)32(38)23(5)6)19-27(22(3)4)33(41)40-20-36(8,9)35(39)43/h18,21-25,27-29,32H,12-17,19-20,37-38H2,1-11H3,(H2,39,43)(H,40,41)/t24?,25-,27-,28-,29-,32-/m0/s1. The number of nitrogens with one attached hydrogen (secondary N) is 1. The second kappa shape index (κ2) is 20.0. The zero-order valence-electron chi connectivity index (χ0n) is 31.0. The van der Waals surface area contributed by atoms with Crippen molar-refractivity contribution in [2.45, 2.75) is 113 Å². The lowest BCUT2D eigenvalue weighted by Gasteiger charge is -2.34. The van der Waals surface area contributed by atoms with E-state index in [0.29, 0.717) is 19.6 Å². The summed E-state index contributed by atoms with van der Waals surface area (Å²) in [7, 11) is 3.34. The van der Waals surface area contributed by atoms with Crippen LogP contribution in [0.5, 0.6) is 0 Å². The number of primary amides is 1. The highest BCUT2D eigenvalue weighted by Gasteiger charge is 2.36. The van der Waals surface area contributed by atoms with Crippen molar-refractivity contribution in [2.75, 3.05) is 34.0 Å². The second-order valence-electron chi connectivity index (χ2n) is 14.9. The fourth-order valence-corrected chi connectivity index (χ4v) is 5.52. The molecule has 1 aliphatic rings. The summed E-state index contributed by atoms with van der Waals surface area (Å²) in [6, 6.07) is -1.36. The quantitative estimate of drug-likeness (QED) is 0.0961. The van der Waals surface area contributed by atoms with Gasteiger partial charge in [0.05, 0.1) is 19.1 Å². The van der Waals surface area contributed by atoms with Crippen LogP contribution >= 0.6 is 0 Å². The number of rotatable bonds is 22. The van der Waals surface area contributed by atoms with Crippen molar-refractivity contribution in [3.05, 3.63) is 23.2 Å². The highest BCUT2D eigenvalue weighted by Crippen LogP contribution is 2.37. The number of esters is 1. The summed E-state index contributed by atoms with van der Waals surface area (Å²) in [5, 5.41) is 2.89. The highest BCUT2D eigenvalue weighted by atomic mass is 16.5. The number of carbonyl (C=O) groups is 3. The monoisotopic (exact) mass is 666 g/mol. The molecule has 0 heterocycles. The molecular weight excluding hydrogens is 600 g/mol. The Bertz CT molecular complexity index is 1070. The number of hydrogen-bond donors (Lipinski definition) is 4. The third-order valence-electron chi connectivity index (χ3n) is 9.46. The maximum atomic E-state index is 13.5. The SMILES string of the molecule is COCCCOC1=C(OC)CC(C)C(C[C@@H](C[C@H](N)[C@H](C[C@H](C(=O)NCC(C)(C)C(N)=O)C(C)C)OC(=O)[C@@H](N)C(C)C)C(C)C)=C1. The fraction of sp³-hybridized carbons (Fsp3) is 0.806. The Morgan fingerprint density at radius 1 is 0.979 bits per heavy atom. The highest BCUT2D eigenvalue weighted by molar-refractivity contribution is 5.83. The van der Waals surface area contributed by atoms with Gasteiger partial charge in [-0.1, -0.05) is 54.0 Å². The molecule has 0 saturated carbocycles. The first-order valence-electron chi connectivity index (χ1n) is 17.2. The molecule has 0 radical (unpaired) electrons. The molecule has 47 heavy (non-hydrogen) atoms. The van der Waals surface area contributed by atoms with Crippen LogP contribution in [-0.2, 0) is 33.3 Å². The molecule has 0 aromatic rings. The first kappa shape index (κ1) is 42.4. The molecule has 2 amide bonds. The molecule has 11 nitrogen and oxygen atoms in total. The van der Waals surface area contributed by atoms with Crippen molar-refractivity contribution < 1.29 is 33.3 Å². The molecule has 0 aromatic heterocycles. The van der Waals surface area contributed by atoms with Crippen LogP contribution in [0, 0.1) is 40.9 Å². The topological polar surface area (TPSA) is 178 Å². The van der Waals surface area contributed by atoms with E-state index >= 15 is 0 Å². The van der Waals surface area contributed by atoms with Gasteiger partial charge in [-0.3, -0.25) is 14.4 Å². The minimum atomic E-state index is -0.910. The maximum absolute atomic E-state index is 13.5. The van der Waals surface area contributed by atoms with E-state index in [-0.39, 0.29) is 48.5 Å². The first-order chi connectivity index (χ1) is 21.9. The Kier molecular flexibility index (Phi) is 18.1. The van der Waals surface area contributed by atoms with E-state index in [9.17, 15) is 14.4 Å². The summed E-state index contributed by atoms with van der Waals surface area (Å²) in [5.74, 6) is 0.281. The van der Waals surface area contributed by atoms with Crippen molar-refractivity contribution >= 4 is 17.8 Å². The largest absolute Gasteiger partial charge is 0.497 e. The van der Waals surface area contributed by atoms with Gasteiger partial charge in [-0.15, -0.1) is 0 Å². The van der Waals surface area contributed by atoms with Crippen molar-refractivity contribution in [3.63, 3.8) is 0 Å². The van der Waals surface area contributed by atoms with E-state index in [2.05, 4.69) is 32.2 Å². The van der Waals surface area contributed by atoms with Crippen LogP contribution in [-0.4, -0.2) is 69.9 Å². The van der Waals surface area contributed by atoms with E-state index in [1.165, 1.54) is 5.57 Å². The molecule has 6 atom stereocenters. The molecule has 0 spiro atoms. The smallest absolute Gasteiger partial charge is 0.323 e. The average molecular weight is 667 g/mol.